The highest BCUT2D eigenvalue weighted by Crippen LogP contribution is 2.39. The van der Waals surface area contributed by atoms with Crippen molar-refractivity contribution >= 4 is 56.9 Å². The molecule has 0 N–H and O–H groups in total. The van der Waals surface area contributed by atoms with Gasteiger partial charge in [0.15, 0.2) is 0 Å². The molecule has 3 aromatic rings. The number of aromatic nitrogens is 2. The fourth-order valence-corrected chi connectivity index (χ4v) is 2.95. The number of halogens is 3. The Bertz CT molecular complexity index is 861. The summed E-state index contributed by atoms with van der Waals surface area (Å²) in [5.74, 6) is -0.305. The topological polar surface area (TPSA) is 69.7 Å². The lowest BCUT2D eigenvalue weighted by molar-refractivity contribution is -0.391. The molecular weight excluding hydrogens is 361 g/mol. The molecule has 3 rings (SSSR count). The van der Waals surface area contributed by atoms with Gasteiger partial charge in [-0.05, 0) is 11.0 Å². The van der Waals surface area contributed by atoms with Gasteiger partial charge in [-0.25, -0.2) is 0 Å². The van der Waals surface area contributed by atoms with Crippen molar-refractivity contribution < 1.29 is 9.66 Å². The first kappa shape index (κ1) is 14.4. The van der Waals surface area contributed by atoms with Crippen LogP contribution in [0.3, 0.4) is 0 Å². The number of nitro groups is 1. The molecule has 0 radical (unpaired) electrons. The van der Waals surface area contributed by atoms with E-state index in [1.54, 1.807) is 5.38 Å². The molecule has 0 aliphatic rings. The summed E-state index contributed by atoms with van der Waals surface area (Å²) in [6.45, 7) is 0. The number of hydrogen-bond acceptors (Lipinski definition) is 5. The highest BCUT2D eigenvalue weighted by atomic mass is 35.5. The molecule has 6 nitrogen and oxygen atoms in total. The molecule has 0 unspecified atom stereocenters. The van der Waals surface area contributed by atoms with Crippen LogP contribution in [0.15, 0.2) is 23.7 Å². The van der Waals surface area contributed by atoms with Gasteiger partial charge in [0, 0.05) is 11.4 Å². The predicted octanol–water partition coefficient (Wildman–Crippen LogP) is 5.06. The van der Waals surface area contributed by atoms with Gasteiger partial charge in [-0.3, -0.25) is 0 Å². The van der Waals surface area contributed by atoms with Crippen molar-refractivity contribution in [3.05, 3.63) is 48.9 Å². The van der Waals surface area contributed by atoms with Crippen molar-refractivity contribution in [1.82, 2.24) is 9.38 Å². The monoisotopic (exact) mass is 363 g/mol. The maximum absolute atomic E-state index is 11.2. The molecule has 10 heteroatoms. The van der Waals surface area contributed by atoms with Gasteiger partial charge in [-0.2, -0.15) is 9.38 Å². The summed E-state index contributed by atoms with van der Waals surface area (Å²) >= 11 is 18.9. The molecule has 0 spiro atoms. The van der Waals surface area contributed by atoms with Crippen LogP contribution in [0.2, 0.25) is 15.1 Å². The average Bonchev–Trinajstić information content (AvgIpc) is 2.95. The maximum atomic E-state index is 11.2. The van der Waals surface area contributed by atoms with Gasteiger partial charge in [0.1, 0.15) is 11.9 Å². The SMILES string of the molecule is O=[N+]([O-])c1c(Oc2cc(Cl)c(Cl)cc2Cl)nc2sccn12. The molecule has 0 fully saturated rings. The van der Waals surface area contributed by atoms with Crippen LogP contribution in [-0.2, 0) is 0 Å². The second kappa shape index (κ2) is 5.34. The molecule has 108 valence electrons. The Kier molecular flexibility index (Phi) is 3.66. The van der Waals surface area contributed by atoms with Gasteiger partial charge in [-0.1, -0.05) is 46.1 Å². The van der Waals surface area contributed by atoms with E-state index in [0.29, 0.717) is 4.96 Å². The molecule has 0 saturated heterocycles. The number of ether oxygens (including phenoxy) is 1. The molecule has 0 aliphatic carbocycles. The number of rotatable bonds is 3. The van der Waals surface area contributed by atoms with Gasteiger partial charge in [-0.15, -0.1) is 0 Å². The Hall–Kier alpha value is -1.54. The molecule has 0 amide bonds. The van der Waals surface area contributed by atoms with E-state index >= 15 is 0 Å². The van der Waals surface area contributed by atoms with Gasteiger partial charge in [0.05, 0.1) is 15.1 Å². The summed E-state index contributed by atoms with van der Waals surface area (Å²) in [7, 11) is 0. The number of hydrogen-bond donors (Lipinski definition) is 0. The first-order valence-electron chi connectivity index (χ1n) is 5.39. The van der Waals surface area contributed by atoms with Crippen LogP contribution < -0.4 is 4.74 Å². The minimum Gasteiger partial charge on any atom is -0.431 e. The summed E-state index contributed by atoms with van der Waals surface area (Å²) in [6.07, 6.45) is 1.54. The third kappa shape index (κ3) is 2.53. The quantitative estimate of drug-likeness (QED) is 0.370. The Labute approximate surface area is 136 Å². The van der Waals surface area contributed by atoms with Crippen LogP contribution in [0, 0.1) is 10.1 Å². The Morgan fingerprint density at radius 1 is 1.24 bits per heavy atom. The average molecular weight is 365 g/mol. The van der Waals surface area contributed by atoms with Crippen molar-refractivity contribution in [2.75, 3.05) is 0 Å². The molecule has 0 bridgehead atoms. The lowest BCUT2D eigenvalue weighted by atomic mass is 10.3. The van der Waals surface area contributed by atoms with E-state index in [9.17, 15) is 10.1 Å². The second-order valence-electron chi connectivity index (χ2n) is 3.85. The van der Waals surface area contributed by atoms with Crippen molar-refractivity contribution in [1.29, 1.82) is 0 Å². The van der Waals surface area contributed by atoms with Crippen molar-refractivity contribution in [2.45, 2.75) is 0 Å². The Balaban J connectivity index is 2.10. The molecular formula is C11H4Cl3N3O3S. The van der Waals surface area contributed by atoms with Crippen molar-refractivity contribution in [2.24, 2.45) is 0 Å². The Morgan fingerprint density at radius 3 is 2.67 bits per heavy atom. The first-order chi connectivity index (χ1) is 9.97. The van der Waals surface area contributed by atoms with Crippen LogP contribution >= 0.6 is 46.1 Å². The zero-order valence-corrected chi connectivity index (χ0v) is 13.0. The normalized spacial score (nSPS) is 11.0. The van der Waals surface area contributed by atoms with E-state index in [-0.39, 0.29) is 32.5 Å². The number of thiazole rings is 1. The van der Waals surface area contributed by atoms with E-state index in [2.05, 4.69) is 4.98 Å². The summed E-state index contributed by atoms with van der Waals surface area (Å²) in [6, 6.07) is 2.77. The zero-order chi connectivity index (χ0) is 15.1. The van der Waals surface area contributed by atoms with Gasteiger partial charge < -0.3 is 14.9 Å². The molecule has 2 aromatic heterocycles. The largest absolute Gasteiger partial charge is 0.431 e. The van der Waals surface area contributed by atoms with E-state index in [4.69, 9.17) is 39.5 Å². The van der Waals surface area contributed by atoms with Crippen LogP contribution in [0.4, 0.5) is 5.82 Å². The molecule has 1 aromatic carbocycles. The standard InChI is InChI=1S/C11H4Cl3N3O3S/c12-5-3-7(14)8(4-6(5)13)20-9-10(17(18)19)16-1-2-21-11(16)15-9/h1-4H. The smallest absolute Gasteiger partial charge is 0.393 e. The van der Waals surface area contributed by atoms with Gasteiger partial charge in [0.2, 0.25) is 0 Å². The number of imidazole rings is 1. The molecule has 2 heterocycles. The highest BCUT2D eigenvalue weighted by Gasteiger charge is 2.26. The fourth-order valence-electron chi connectivity index (χ4n) is 1.68. The Morgan fingerprint density at radius 2 is 1.95 bits per heavy atom. The summed E-state index contributed by atoms with van der Waals surface area (Å²) in [4.78, 5) is 15.1. The maximum Gasteiger partial charge on any atom is 0.393 e. The second-order valence-corrected chi connectivity index (χ2v) is 5.95. The van der Waals surface area contributed by atoms with Gasteiger partial charge in [0.25, 0.3) is 4.96 Å². The molecule has 0 saturated carbocycles. The lowest BCUT2D eigenvalue weighted by Gasteiger charge is -2.06. The van der Waals surface area contributed by atoms with Crippen molar-refractivity contribution in [3.8, 4) is 11.6 Å². The molecule has 21 heavy (non-hydrogen) atoms. The van der Waals surface area contributed by atoms with E-state index in [1.165, 1.54) is 34.1 Å². The van der Waals surface area contributed by atoms with Crippen LogP contribution in [0.25, 0.3) is 4.96 Å². The highest BCUT2D eigenvalue weighted by molar-refractivity contribution is 7.15. The van der Waals surface area contributed by atoms with Crippen molar-refractivity contribution in [3.63, 3.8) is 0 Å². The lowest BCUT2D eigenvalue weighted by Crippen LogP contribution is -1.95. The summed E-state index contributed by atoms with van der Waals surface area (Å²) < 4.78 is 6.76. The van der Waals surface area contributed by atoms with E-state index in [1.807, 2.05) is 0 Å². The van der Waals surface area contributed by atoms with Crippen LogP contribution in [0.5, 0.6) is 11.6 Å². The molecule has 0 aliphatic heterocycles. The van der Waals surface area contributed by atoms with E-state index < -0.39 is 4.92 Å². The van der Waals surface area contributed by atoms with E-state index in [0.717, 1.165) is 0 Å². The van der Waals surface area contributed by atoms with Crippen LogP contribution in [0.1, 0.15) is 0 Å². The first-order valence-corrected chi connectivity index (χ1v) is 7.41. The fraction of sp³-hybridized carbons (Fsp3) is 0. The predicted molar refractivity (Wildman–Crippen MR) is 81.3 cm³/mol. The number of benzene rings is 1. The zero-order valence-electron chi connectivity index (χ0n) is 9.92. The minimum absolute atomic E-state index is 0.139. The summed E-state index contributed by atoms with van der Waals surface area (Å²) in [5, 5.41) is 13.5. The van der Waals surface area contributed by atoms with Gasteiger partial charge >= 0.3 is 11.7 Å². The summed E-state index contributed by atoms with van der Waals surface area (Å²) in [5.41, 5.74) is 0. The number of nitrogens with zero attached hydrogens (tertiary/aromatic N) is 3. The third-order valence-electron chi connectivity index (χ3n) is 2.56. The molecule has 0 atom stereocenters. The number of fused-ring (bicyclic) bond motifs is 1. The minimum atomic E-state index is -0.576. The third-order valence-corrected chi connectivity index (χ3v) is 4.33. The van der Waals surface area contributed by atoms with Crippen LogP contribution in [-0.4, -0.2) is 14.3 Å².